The van der Waals surface area contributed by atoms with E-state index in [1.54, 1.807) is 18.3 Å². The molecule has 92 valence electrons. The summed E-state index contributed by atoms with van der Waals surface area (Å²) in [6.45, 7) is 0.457. The maximum atomic E-state index is 13.7. The van der Waals surface area contributed by atoms with Crippen LogP contribution in [0.3, 0.4) is 0 Å². The molecular weight excluding hydrogens is 388 g/mol. The molecule has 7 heteroatoms. The van der Waals surface area contributed by atoms with Crippen molar-refractivity contribution in [1.29, 1.82) is 5.26 Å². The molecule has 1 aromatic carbocycles. The Kier molecular flexibility index (Phi) is 4.37. The third kappa shape index (κ3) is 2.91. The maximum Gasteiger partial charge on any atom is 0.183 e. The van der Waals surface area contributed by atoms with E-state index >= 15 is 0 Å². The zero-order valence-corrected chi connectivity index (χ0v) is 12.6. The molecule has 0 aliphatic heterocycles. The van der Waals surface area contributed by atoms with Crippen LogP contribution in [0.1, 0.15) is 10.4 Å². The standard InChI is InChI=1S/C11H6ClFIN3S/c12-11-17-5-6(18-11)4-16-9-2-1-8(14)10(13)7(9)3-15/h1-2,5,16H,4H2. The van der Waals surface area contributed by atoms with Gasteiger partial charge in [0.05, 0.1) is 15.8 Å². The van der Waals surface area contributed by atoms with E-state index in [9.17, 15) is 4.39 Å². The molecule has 0 saturated heterocycles. The van der Waals surface area contributed by atoms with Crippen molar-refractivity contribution in [3.05, 3.63) is 42.6 Å². The molecule has 0 aliphatic rings. The van der Waals surface area contributed by atoms with Crippen LogP contribution in [-0.2, 0) is 6.54 Å². The number of thiazole rings is 1. The van der Waals surface area contributed by atoms with Crippen LogP contribution in [-0.4, -0.2) is 4.98 Å². The molecule has 1 aromatic heterocycles. The Bertz CT molecular complexity index is 623. The third-order valence-corrected chi connectivity index (χ3v) is 4.13. The number of aromatic nitrogens is 1. The quantitative estimate of drug-likeness (QED) is 0.801. The first kappa shape index (κ1) is 13.5. The molecular formula is C11H6ClFIN3S. The van der Waals surface area contributed by atoms with Gasteiger partial charge < -0.3 is 5.32 Å². The second-order valence-electron chi connectivity index (χ2n) is 3.33. The zero-order chi connectivity index (χ0) is 13.1. The second kappa shape index (κ2) is 5.82. The van der Waals surface area contributed by atoms with Crippen LogP contribution in [0.4, 0.5) is 10.1 Å². The number of rotatable bonds is 3. The van der Waals surface area contributed by atoms with Crippen LogP contribution < -0.4 is 5.32 Å². The fraction of sp³-hybridized carbons (Fsp3) is 0.0909. The Hall–Kier alpha value is -0.910. The van der Waals surface area contributed by atoms with Gasteiger partial charge in [-0.15, -0.1) is 11.3 Å². The Labute approximate surface area is 126 Å². The highest BCUT2D eigenvalue weighted by molar-refractivity contribution is 14.1. The summed E-state index contributed by atoms with van der Waals surface area (Å²) in [6, 6.07) is 5.18. The fourth-order valence-electron chi connectivity index (χ4n) is 1.35. The van der Waals surface area contributed by atoms with E-state index in [-0.39, 0.29) is 5.56 Å². The van der Waals surface area contributed by atoms with Gasteiger partial charge in [0, 0.05) is 11.1 Å². The predicted molar refractivity (Wildman–Crippen MR) is 78.3 cm³/mol. The number of nitriles is 1. The smallest absolute Gasteiger partial charge is 0.183 e. The lowest BCUT2D eigenvalue weighted by atomic mass is 10.2. The molecule has 0 amide bonds. The van der Waals surface area contributed by atoms with Gasteiger partial charge in [-0.05, 0) is 34.7 Å². The van der Waals surface area contributed by atoms with Gasteiger partial charge >= 0.3 is 0 Å². The molecule has 0 unspecified atom stereocenters. The number of nitrogens with zero attached hydrogens (tertiary/aromatic N) is 2. The number of benzene rings is 1. The van der Waals surface area contributed by atoms with Crippen molar-refractivity contribution in [2.75, 3.05) is 5.32 Å². The lowest BCUT2D eigenvalue weighted by Crippen LogP contribution is -2.02. The summed E-state index contributed by atoms with van der Waals surface area (Å²) in [5.41, 5.74) is 0.498. The summed E-state index contributed by atoms with van der Waals surface area (Å²) in [5.74, 6) is -0.495. The Balaban J connectivity index is 2.20. The summed E-state index contributed by atoms with van der Waals surface area (Å²) in [7, 11) is 0. The van der Waals surface area contributed by atoms with E-state index in [0.29, 0.717) is 20.3 Å². The fourth-order valence-corrected chi connectivity index (χ4v) is 2.72. The summed E-state index contributed by atoms with van der Waals surface area (Å²) in [4.78, 5) is 4.83. The zero-order valence-electron chi connectivity index (χ0n) is 8.88. The number of hydrogen-bond acceptors (Lipinski definition) is 4. The van der Waals surface area contributed by atoms with Crippen LogP contribution in [0.5, 0.6) is 0 Å². The minimum atomic E-state index is -0.495. The molecule has 1 heterocycles. The minimum Gasteiger partial charge on any atom is -0.379 e. The van der Waals surface area contributed by atoms with E-state index < -0.39 is 5.82 Å². The lowest BCUT2D eigenvalue weighted by Gasteiger charge is -2.08. The van der Waals surface area contributed by atoms with E-state index in [1.165, 1.54) is 11.3 Å². The lowest BCUT2D eigenvalue weighted by molar-refractivity contribution is 0.617. The Morgan fingerprint density at radius 3 is 2.94 bits per heavy atom. The van der Waals surface area contributed by atoms with Crippen LogP contribution in [0.15, 0.2) is 18.3 Å². The molecule has 18 heavy (non-hydrogen) atoms. The van der Waals surface area contributed by atoms with Gasteiger partial charge in [0.1, 0.15) is 11.6 Å². The highest BCUT2D eigenvalue weighted by atomic mass is 127. The molecule has 1 N–H and O–H groups in total. The summed E-state index contributed by atoms with van der Waals surface area (Å²) >= 11 is 8.91. The second-order valence-corrected chi connectivity index (χ2v) is 6.19. The average molecular weight is 394 g/mol. The minimum absolute atomic E-state index is 0.0255. The maximum absolute atomic E-state index is 13.7. The highest BCUT2D eigenvalue weighted by Gasteiger charge is 2.11. The van der Waals surface area contributed by atoms with Gasteiger partial charge in [0.15, 0.2) is 10.3 Å². The Morgan fingerprint density at radius 2 is 2.33 bits per heavy atom. The number of hydrogen-bond donors (Lipinski definition) is 1. The van der Waals surface area contributed by atoms with Gasteiger partial charge in [-0.25, -0.2) is 9.37 Å². The average Bonchev–Trinajstić information content (AvgIpc) is 2.77. The van der Waals surface area contributed by atoms with Crippen molar-refractivity contribution < 1.29 is 4.39 Å². The normalized spacial score (nSPS) is 10.1. The van der Waals surface area contributed by atoms with Gasteiger partial charge in [-0.1, -0.05) is 11.6 Å². The molecule has 0 bridgehead atoms. The van der Waals surface area contributed by atoms with E-state index in [1.807, 2.05) is 28.7 Å². The van der Waals surface area contributed by atoms with Crippen molar-refractivity contribution in [1.82, 2.24) is 4.98 Å². The molecule has 2 aromatic rings. The summed E-state index contributed by atoms with van der Waals surface area (Å²) in [5, 5.41) is 12.0. The van der Waals surface area contributed by atoms with Crippen LogP contribution in [0.25, 0.3) is 0 Å². The number of halogens is 3. The molecule has 0 spiro atoms. The highest BCUT2D eigenvalue weighted by Crippen LogP contribution is 2.24. The molecule has 0 radical (unpaired) electrons. The van der Waals surface area contributed by atoms with Gasteiger partial charge in [-0.3, -0.25) is 0 Å². The van der Waals surface area contributed by atoms with Crippen molar-refractivity contribution in [3.8, 4) is 6.07 Å². The molecule has 2 rings (SSSR count). The molecule has 0 aliphatic carbocycles. The molecule has 0 fully saturated rings. The Morgan fingerprint density at radius 1 is 1.56 bits per heavy atom. The van der Waals surface area contributed by atoms with Crippen LogP contribution in [0.2, 0.25) is 4.47 Å². The van der Waals surface area contributed by atoms with E-state index in [0.717, 1.165) is 4.88 Å². The first-order chi connectivity index (χ1) is 8.61. The summed E-state index contributed by atoms with van der Waals surface area (Å²) in [6.07, 6.45) is 1.65. The number of nitrogens with one attached hydrogen (secondary N) is 1. The largest absolute Gasteiger partial charge is 0.379 e. The van der Waals surface area contributed by atoms with Gasteiger partial charge in [0.2, 0.25) is 0 Å². The van der Waals surface area contributed by atoms with E-state index in [2.05, 4.69) is 10.3 Å². The molecule has 3 nitrogen and oxygen atoms in total. The topological polar surface area (TPSA) is 48.7 Å². The van der Waals surface area contributed by atoms with Gasteiger partial charge in [0.25, 0.3) is 0 Å². The van der Waals surface area contributed by atoms with E-state index in [4.69, 9.17) is 16.9 Å². The first-order valence-electron chi connectivity index (χ1n) is 4.84. The van der Waals surface area contributed by atoms with Crippen molar-refractivity contribution in [3.63, 3.8) is 0 Å². The molecule has 0 saturated carbocycles. The molecule has 0 atom stereocenters. The van der Waals surface area contributed by atoms with Gasteiger partial charge in [-0.2, -0.15) is 5.26 Å². The monoisotopic (exact) mass is 393 g/mol. The first-order valence-corrected chi connectivity index (χ1v) is 7.11. The van der Waals surface area contributed by atoms with Crippen molar-refractivity contribution in [2.24, 2.45) is 0 Å². The van der Waals surface area contributed by atoms with Crippen molar-refractivity contribution in [2.45, 2.75) is 6.54 Å². The SMILES string of the molecule is N#Cc1c(NCc2cnc(Cl)s2)ccc(I)c1F. The van der Waals surface area contributed by atoms with Crippen LogP contribution in [0, 0.1) is 20.7 Å². The van der Waals surface area contributed by atoms with Crippen molar-refractivity contribution >= 4 is 51.2 Å². The predicted octanol–water partition coefficient (Wildman–Crippen LogP) is 4.02. The summed E-state index contributed by atoms with van der Waals surface area (Å²) < 4.78 is 14.6. The number of anilines is 1. The van der Waals surface area contributed by atoms with Crippen LogP contribution >= 0.6 is 45.5 Å². The third-order valence-electron chi connectivity index (χ3n) is 2.19.